The summed E-state index contributed by atoms with van der Waals surface area (Å²) in [6, 6.07) is 11.9. The first-order valence-electron chi connectivity index (χ1n) is 9.87. The number of hydrogen-bond donors (Lipinski definition) is 0. The van der Waals surface area contributed by atoms with E-state index in [1.807, 2.05) is 55.1 Å². The second-order valence-corrected chi connectivity index (χ2v) is 7.78. The fourth-order valence-electron chi connectivity index (χ4n) is 4.20. The molecule has 2 heterocycles. The number of nitrogens with zero attached hydrogens (tertiary/aromatic N) is 3. The van der Waals surface area contributed by atoms with E-state index >= 15 is 0 Å². The Hall–Kier alpha value is -2.66. The number of ether oxygens (including phenoxy) is 1. The van der Waals surface area contributed by atoms with Crippen LogP contribution < -0.4 is 4.74 Å². The van der Waals surface area contributed by atoms with Crippen molar-refractivity contribution in [3.05, 3.63) is 59.4 Å². The summed E-state index contributed by atoms with van der Waals surface area (Å²) in [7, 11) is 3.62. The summed E-state index contributed by atoms with van der Waals surface area (Å²) in [5.74, 6) is 1.15. The molecular weight excluding hydrogens is 350 g/mol. The van der Waals surface area contributed by atoms with E-state index in [1.165, 1.54) is 5.56 Å². The minimum Gasteiger partial charge on any atom is -0.497 e. The van der Waals surface area contributed by atoms with Gasteiger partial charge < -0.3 is 4.74 Å². The highest BCUT2D eigenvalue weighted by atomic mass is 16.5. The van der Waals surface area contributed by atoms with E-state index < -0.39 is 0 Å². The lowest BCUT2D eigenvalue weighted by Crippen LogP contribution is -2.38. The predicted octanol–water partition coefficient (Wildman–Crippen LogP) is 3.99. The molecule has 2 aromatic carbocycles. The summed E-state index contributed by atoms with van der Waals surface area (Å²) in [5, 5.41) is 6.60. The van der Waals surface area contributed by atoms with E-state index in [2.05, 4.69) is 16.2 Å². The predicted molar refractivity (Wildman–Crippen MR) is 111 cm³/mol. The number of likely N-dealkylation sites (tertiary alicyclic amines) is 1. The van der Waals surface area contributed by atoms with Crippen LogP contribution in [0.15, 0.2) is 42.6 Å². The van der Waals surface area contributed by atoms with Gasteiger partial charge in [-0.25, -0.2) is 0 Å². The number of ketones is 1. The molecule has 0 aliphatic carbocycles. The third kappa shape index (κ3) is 3.80. The zero-order valence-corrected chi connectivity index (χ0v) is 16.8. The first-order chi connectivity index (χ1) is 13.5. The molecule has 0 amide bonds. The fourth-order valence-corrected chi connectivity index (χ4v) is 4.20. The van der Waals surface area contributed by atoms with Crippen molar-refractivity contribution < 1.29 is 9.53 Å². The minimum absolute atomic E-state index is 0.0569. The summed E-state index contributed by atoms with van der Waals surface area (Å²) in [5.41, 5.74) is 3.12. The third-order valence-electron chi connectivity index (χ3n) is 5.72. The van der Waals surface area contributed by atoms with Gasteiger partial charge in [-0.15, -0.1) is 0 Å². The highest BCUT2D eigenvalue weighted by molar-refractivity contribution is 6.01. The Bertz CT molecular complexity index is 1010. The molecule has 5 heteroatoms. The Morgan fingerprint density at radius 3 is 2.75 bits per heavy atom. The third-order valence-corrected chi connectivity index (χ3v) is 5.72. The Labute approximate surface area is 165 Å². The molecule has 0 radical (unpaired) electrons. The number of benzene rings is 2. The van der Waals surface area contributed by atoms with Gasteiger partial charge in [0.2, 0.25) is 0 Å². The largest absolute Gasteiger partial charge is 0.497 e. The lowest BCUT2D eigenvalue weighted by molar-refractivity contribution is 0.0811. The average molecular weight is 377 g/mol. The normalized spacial score (nSPS) is 17.8. The topological polar surface area (TPSA) is 47.4 Å². The molecule has 1 saturated heterocycles. The van der Waals surface area contributed by atoms with Crippen LogP contribution in [-0.4, -0.2) is 40.7 Å². The minimum atomic E-state index is 0.0569. The van der Waals surface area contributed by atoms with Crippen LogP contribution in [-0.2, 0) is 13.6 Å². The fraction of sp³-hybridized carbons (Fsp3) is 0.391. The molecule has 0 bridgehead atoms. The van der Waals surface area contributed by atoms with Crippen molar-refractivity contribution in [2.75, 3.05) is 20.2 Å². The van der Waals surface area contributed by atoms with E-state index in [-0.39, 0.29) is 11.7 Å². The van der Waals surface area contributed by atoms with Crippen molar-refractivity contribution >= 4 is 16.6 Å². The molecular formula is C23H27N3O2. The van der Waals surface area contributed by atoms with Gasteiger partial charge in [0.05, 0.1) is 12.8 Å². The second-order valence-electron chi connectivity index (χ2n) is 7.78. The molecule has 5 nitrogen and oxygen atoms in total. The van der Waals surface area contributed by atoms with Gasteiger partial charge in [-0.3, -0.25) is 14.4 Å². The maximum Gasteiger partial charge on any atom is 0.167 e. The molecule has 0 N–H and O–H groups in total. The van der Waals surface area contributed by atoms with Crippen molar-refractivity contribution in [2.24, 2.45) is 13.0 Å². The van der Waals surface area contributed by atoms with Crippen LogP contribution >= 0.6 is 0 Å². The molecule has 1 aliphatic heterocycles. The summed E-state index contributed by atoms with van der Waals surface area (Å²) in [6.45, 7) is 4.76. The van der Waals surface area contributed by atoms with Crippen molar-refractivity contribution in [3.63, 3.8) is 0 Å². The summed E-state index contributed by atoms with van der Waals surface area (Å²) in [4.78, 5) is 15.6. The number of hydrogen-bond acceptors (Lipinski definition) is 4. The monoisotopic (exact) mass is 377 g/mol. The average Bonchev–Trinajstić information content (AvgIpc) is 3.03. The van der Waals surface area contributed by atoms with E-state index in [4.69, 9.17) is 4.74 Å². The Morgan fingerprint density at radius 1 is 1.21 bits per heavy atom. The molecule has 0 spiro atoms. The molecule has 1 aliphatic rings. The van der Waals surface area contributed by atoms with Crippen LogP contribution in [0.25, 0.3) is 10.8 Å². The van der Waals surface area contributed by atoms with Gasteiger partial charge in [0.15, 0.2) is 5.78 Å². The van der Waals surface area contributed by atoms with Crippen LogP contribution in [0.5, 0.6) is 5.75 Å². The molecule has 1 fully saturated rings. The number of aryl methyl sites for hydroxylation is 2. The number of fused-ring (bicyclic) bond motifs is 1. The van der Waals surface area contributed by atoms with Gasteiger partial charge in [-0.2, -0.15) is 5.10 Å². The van der Waals surface area contributed by atoms with Gasteiger partial charge in [-0.1, -0.05) is 18.2 Å². The molecule has 4 rings (SSSR count). The van der Waals surface area contributed by atoms with Gasteiger partial charge >= 0.3 is 0 Å². The number of Topliss-reactive ketones (excluding diaryl/α,β-unsaturated/α-hetero) is 1. The maximum absolute atomic E-state index is 13.2. The molecule has 1 aromatic heterocycles. The van der Waals surface area contributed by atoms with E-state index in [1.54, 1.807) is 7.11 Å². The zero-order chi connectivity index (χ0) is 19.7. The number of rotatable bonds is 5. The SMILES string of the molecule is COc1ccc2cc(C(=O)[C@H]3CCCN(Cc4cn(C)nc4C)C3)ccc2c1. The quantitative estimate of drug-likeness (QED) is 0.631. The van der Waals surface area contributed by atoms with Crippen LogP contribution in [0.4, 0.5) is 0 Å². The number of carbonyl (C=O) groups is 1. The van der Waals surface area contributed by atoms with Crippen LogP contribution in [0.2, 0.25) is 0 Å². The van der Waals surface area contributed by atoms with Crippen molar-refractivity contribution in [3.8, 4) is 5.75 Å². The Kier molecular flexibility index (Phi) is 5.18. The molecule has 146 valence electrons. The number of aromatic nitrogens is 2. The molecule has 28 heavy (non-hydrogen) atoms. The van der Waals surface area contributed by atoms with Crippen LogP contribution in [0.3, 0.4) is 0 Å². The van der Waals surface area contributed by atoms with Gasteiger partial charge in [0.25, 0.3) is 0 Å². The maximum atomic E-state index is 13.2. The van der Waals surface area contributed by atoms with E-state index in [0.29, 0.717) is 0 Å². The second kappa shape index (κ2) is 7.76. The molecule has 0 unspecified atom stereocenters. The van der Waals surface area contributed by atoms with Gasteiger partial charge in [-0.05, 0) is 55.3 Å². The first kappa shape index (κ1) is 18.7. The lowest BCUT2D eigenvalue weighted by atomic mass is 9.89. The van der Waals surface area contributed by atoms with Crippen LogP contribution in [0.1, 0.15) is 34.5 Å². The van der Waals surface area contributed by atoms with Gasteiger partial charge in [0, 0.05) is 43.4 Å². The Balaban J connectivity index is 1.49. The summed E-state index contributed by atoms with van der Waals surface area (Å²) in [6.07, 6.45) is 4.10. The standard InChI is InChI=1S/C23H27N3O2/c1-16-21(13-25(2)24-16)15-26-10-4-5-20(14-26)23(27)19-7-6-18-12-22(28-3)9-8-17(18)11-19/h6-9,11-13,20H,4-5,10,14-15H2,1-3H3/t20-/m0/s1. The lowest BCUT2D eigenvalue weighted by Gasteiger charge is -2.31. The van der Waals surface area contributed by atoms with E-state index in [0.717, 1.165) is 60.3 Å². The number of piperidine rings is 1. The summed E-state index contributed by atoms with van der Waals surface area (Å²) >= 11 is 0. The number of methoxy groups -OCH3 is 1. The van der Waals surface area contributed by atoms with Crippen molar-refractivity contribution in [1.82, 2.24) is 14.7 Å². The van der Waals surface area contributed by atoms with Crippen LogP contribution in [0, 0.1) is 12.8 Å². The van der Waals surface area contributed by atoms with Gasteiger partial charge in [0.1, 0.15) is 5.75 Å². The smallest absolute Gasteiger partial charge is 0.167 e. The molecule has 1 atom stereocenters. The van der Waals surface area contributed by atoms with Crippen molar-refractivity contribution in [1.29, 1.82) is 0 Å². The zero-order valence-electron chi connectivity index (χ0n) is 16.8. The highest BCUT2D eigenvalue weighted by Crippen LogP contribution is 2.26. The highest BCUT2D eigenvalue weighted by Gasteiger charge is 2.27. The summed E-state index contributed by atoms with van der Waals surface area (Å²) < 4.78 is 7.15. The number of carbonyl (C=O) groups excluding carboxylic acids is 1. The van der Waals surface area contributed by atoms with E-state index in [9.17, 15) is 4.79 Å². The van der Waals surface area contributed by atoms with Crippen molar-refractivity contribution in [2.45, 2.75) is 26.3 Å². The molecule has 0 saturated carbocycles. The molecule has 3 aromatic rings. The first-order valence-corrected chi connectivity index (χ1v) is 9.87. The Morgan fingerprint density at radius 2 is 2.00 bits per heavy atom.